The second kappa shape index (κ2) is 16.5. The molecule has 0 aromatic rings. The highest BCUT2D eigenvalue weighted by Gasteiger charge is 2.59. The molecule has 7 atom stereocenters. The summed E-state index contributed by atoms with van der Waals surface area (Å²) in [5, 5.41) is 0.334. The maximum Gasteiger partial charge on any atom is 0.194 e. The minimum atomic E-state index is -2.05. The summed E-state index contributed by atoms with van der Waals surface area (Å²) in [6, 6.07) is 3.44. The van der Waals surface area contributed by atoms with Gasteiger partial charge in [-0.3, -0.25) is 0 Å². The van der Waals surface area contributed by atoms with Crippen LogP contribution < -0.4 is 0 Å². The quantitative estimate of drug-likeness (QED) is 0.0997. The van der Waals surface area contributed by atoms with Crippen molar-refractivity contribution in [2.45, 2.75) is 220 Å². The van der Waals surface area contributed by atoms with Gasteiger partial charge in [0, 0.05) is 5.41 Å². The van der Waals surface area contributed by atoms with Crippen molar-refractivity contribution < 1.29 is 18.0 Å². The lowest BCUT2D eigenvalue weighted by Crippen LogP contribution is -2.58. The number of ether oxygens (including phenoxy) is 1. The lowest BCUT2D eigenvalue weighted by molar-refractivity contribution is -0.0398. The Kier molecular flexibility index (Phi) is 14.0. The van der Waals surface area contributed by atoms with E-state index in [0.29, 0.717) is 18.4 Å². The highest BCUT2D eigenvalue weighted by molar-refractivity contribution is 6.74. The molecule has 0 N–H and O–H groups in total. The van der Waals surface area contributed by atoms with Gasteiger partial charge < -0.3 is 18.0 Å². The van der Waals surface area contributed by atoms with E-state index < -0.39 is 25.0 Å². The normalized spacial score (nSPS) is 29.9. The third kappa shape index (κ3) is 8.67. The average molecular weight is 797 g/mol. The van der Waals surface area contributed by atoms with E-state index in [-0.39, 0.29) is 44.8 Å². The summed E-state index contributed by atoms with van der Waals surface area (Å²) < 4.78 is 28.4. The molecule has 7 heteroatoms. The first-order chi connectivity index (χ1) is 24.8. The number of allylic oxidation sites excluding steroid dienone is 4. The van der Waals surface area contributed by atoms with Gasteiger partial charge in [0.2, 0.25) is 0 Å². The predicted molar refractivity (Wildman–Crippen MR) is 239 cm³/mol. The van der Waals surface area contributed by atoms with Crippen LogP contribution in [0.25, 0.3) is 0 Å². The minimum absolute atomic E-state index is 0.0183. The summed E-state index contributed by atoms with van der Waals surface area (Å²) >= 11 is 0. The lowest BCUT2D eigenvalue weighted by atomic mass is 9.49. The fourth-order valence-corrected chi connectivity index (χ4v) is 15.9. The number of fused-ring (bicyclic) bond motifs is 5. The number of rotatable bonds is 14. The van der Waals surface area contributed by atoms with Crippen molar-refractivity contribution in [3.63, 3.8) is 0 Å². The van der Waals surface area contributed by atoms with E-state index >= 15 is 0 Å². The van der Waals surface area contributed by atoms with Crippen LogP contribution in [0.2, 0.25) is 54.4 Å². The third-order valence-corrected chi connectivity index (χ3v) is 30.1. The van der Waals surface area contributed by atoms with Crippen molar-refractivity contribution in [3.8, 4) is 11.8 Å². The van der Waals surface area contributed by atoms with Crippen LogP contribution in [0.3, 0.4) is 0 Å². The molecule has 4 aliphatic carbocycles. The van der Waals surface area contributed by atoms with E-state index in [0.717, 1.165) is 50.2 Å². The van der Waals surface area contributed by atoms with E-state index in [1.54, 1.807) is 11.1 Å². The Morgan fingerprint density at radius 2 is 1.41 bits per heavy atom. The van der Waals surface area contributed by atoms with Gasteiger partial charge in [0.05, 0.1) is 18.3 Å². The molecule has 0 spiro atoms. The monoisotopic (exact) mass is 797 g/mol. The molecule has 4 nitrogen and oxygen atoms in total. The molecule has 0 radical (unpaired) electrons. The Labute approximate surface area is 337 Å². The second-order valence-electron chi connectivity index (χ2n) is 21.2. The van der Waals surface area contributed by atoms with Crippen LogP contribution in [0.4, 0.5) is 0 Å². The molecule has 2 saturated carbocycles. The van der Waals surface area contributed by atoms with Crippen LogP contribution in [0.5, 0.6) is 0 Å². The predicted octanol–water partition coefficient (Wildman–Crippen LogP) is 13.8. The molecule has 2 fully saturated rings. The van der Waals surface area contributed by atoms with Crippen molar-refractivity contribution in [3.05, 3.63) is 34.9 Å². The number of hydrogen-bond donors (Lipinski definition) is 0. The first kappa shape index (κ1) is 46.0. The van der Waals surface area contributed by atoms with E-state index in [9.17, 15) is 0 Å². The Balaban J connectivity index is 1.58. The van der Waals surface area contributed by atoms with Crippen molar-refractivity contribution in [2.75, 3.05) is 6.61 Å². The summed E-state index contributed by atoms with van der Waals surface area (Å²) in [5.74, 6) is 8.07. The third-order valence-electron chi connectivity index (χ3n) is 16.4. The number of hydrogen-bond acceptors (Lipinski definition) is 4. The summed E-state index contributed by atoms with van der Waals surface area (Å²) in [6.07, 6.45) is 15.4. The molecule has 0 aliphatic heterocycles. The summed E-state index contributed by atoms with van der Waals surface area (Å²) in [6.45, 7) is 43.2. The molecule has 0 heterocycles. The van der Waals surface area contributed by atoms with Crippen molar-refractivity contribution in [1.29, 1.82) is 0 Å². The van der Waals surface area contributed by atoms with Gasteiger partial charge in [-0.1, -0.05) is 131 Å². The van der Waals surface area contributed by atoms with Gasteiger partial charge in [-0.05, 0) is 129 Å². The van der Waals surface area contributed by atoms with Gasteiger partial charge >= 0.3 is 0 Å². The van der Waals surface area contributed by atoms with Crippen LogP contribution in [0.1, 0.15) is 142 Å². The lowest BCUT2D eigenvalue weighted by Gasteiger charge is -2.59. The zero-order chi connectivity index (χ0) is 40.8. The van der Waals surface area contributed by atoms with Crippen molar-refractivity contribution >= 4 is 25.0 Å². The standard InChI is InChI=1S/C47H84O4Si3/c1-19-47(20-2,51-54(21-3,22-4)23-5)30-24-32-48-35(6)39-27-28-40-38-26-25-36-33-37(49-52(15,16)43(7,8)9)34-42(50-53(17,18)44(10,11)12)46(36,14)41(38)29-31-45(39,40)13/h25-27,35,37,40-42H,19-23,28-29,31-34H2,1-18H3/t35?,37-,40+,41+,42+,45-,46+/m1/s1. The molecule has 54 heavy (non-hydrogen) atoms. The topological polar surface area (TPSA) is 36.9 Å². The molecule has 0 amide bonds. The van der Waals surface area contributed by atoms with E-state index in [1.807, 2.05) is 0 Å². The van der Waals surface area contributed by atoms with Crippen molar-refractivity contribution in [1.82, 2.24) is 0 Å². The van der Waals surface area contributed by atoms with Gasteiger partial charge in [0.25, 0.3) is 0 Å². The smallest absolute Gasteiger partial charge is 0.194 e. The fourth-order valence-electron chi connectivity index (χ4n) is 10.1. The van der Waals surface area contributed by atoms with Gasteiger partial charge in [0.1, 0.15) is 12.2 Å². The van der Waals surface area contributed by atoms with Gasteiger partial charge in [0.15, 0.2) is 25.0 Å². The Morgan fingerprint density at radius 3 is 1.94 bits per heavy atom. The molecule has 1 unspecified atom stereocenters. The Morgan fingerprint density at radius 1 is 0.833 bits per heavy atom. The van der Waals surface area contributed by atoms with E-state index in [2.05, 4.69) is 153 Å². The van der Waals surface area contributed by atoms with E-state index in [1.165, 1.54) is 18.4 Å². The van der Waals surface area contributed by atoms with Crippen molar-refractivity contribution in [2.24, 2.45) is 22.7 Å². The average Bonchev–Trinajstić information content (AvgIpc) is 3.45. The van der Waals surface area contributed by atoms with E-state index in [4.69, 9.17) is 18.0 Å². The molecule has 0 bridgehead atoms. The molecular weight excluding hydrogens is 713 g/mol. The molecule has 4 aliphatic rings. The summed E-state index contributed by atoms with van der Waals surface area (Å²) in [7, 11) is -5.76. The molecular formula is C47H84O4Si3. The first-order valence-electron chi connectivity index (χ1n) is 22.1. The van der Waals surface area contributed by atoms with Crippen LogP contribution in [0, 0.1) is 34.5 Å². The maximum absolute atomic E-state index is 7.59. The molecule has 0 aromatic carbocycles. The fraction of sp³-hybridized carbons (Fsp3) is 0.830. The molecule has 308 valence electrons. The summed E-state index contributed by atoms with van der Waals surface area (Å²) in [4.78, 5) is 0. The molecule has 0 saturated heterocycles. The zero-order valence-corrected chi connectivity index (χ0v) is 41.5. The Bertz CT molecular complexity index is 1470. The zero-order valence-electron chi connectivity index (χ0n) is 38.5. The SMILES string of the molecule is CCC(C#CCOC(C)C1=CC[C@H]2C3=CC=C4C[C@@H](O[Si](C)(C)C(C)(C)C)C[C@H](O[Si](C)(C)C(C)(C)C)[C@]4(C)[C@H]3CC[C@]12C)(CC)O[Si](CC)(CC)CC. The first-order valence-corrected chi connectivity index (χ1v) is 30.5. The molecule has 0 aromatic heterocycles. The highest BCUT2D eigenvalue weighted by atomic mass is 28.4. The largest absolute Gasteiger partial charge is 0.414 e. The second-order valence-corrected chi connectivity index (χ2v) is 35.4. The van der Waals surface area contributed by atoms with Crippen LogP contribution in [0.15, 0.2) is 34.9 Å². The highest BCUT2D eigenvalue weighted by Crippen LogP contribution is 2.65. The Hall–Kier alpha value is -0.729. The molecule has 4 rings (SSSR count). The minimum Gasteiger partial charge on any atom is -0.414 e. The maximum atomic E-state index is 7.59. The van der Waals surface area contributed by atoms with Gasteiger partial charge in [-0.15, -0.1) is 0 Å². The van der Waals surface area contributed by atoms with Crippen LogP contribution in [-0.2, 0) is 18.0 Å². The van der Waals surface area contributed by atoms with Gasteiger partial charge in [-0.2, -0.15) is 0 Å². The van der Waals surface area contributed by atoms with Crippen LogP contribution in [-0.4, -0.2) is 55.5 Å². The van der Waals surface area contributed by atoms with Gasteiger partial charge in [-0.25, -0.2) is 0 Å². The van der Waals surface area contributed by atoms with Crippen LogP contribution >= 0.6 is 0 Å². The summed E-state index contributed by atoms with van der Waals surface area (Å²) in [5.41, 5.74) is 4.43.